The van der Waals surface area contributed by atoms with E-state index in [1.165, 1.54) is 69.6 Å². The van der Waals surface area contributed by atoms with E-state index in [0.29, 0.717) is 29.6 Å². The number of carbonyl (C=O) groups is 2. The molecule has 0 fully saturated rings. The molecule has 1 atom stereocenters. The molecule has 0 saturated heterocycles. The number of amides is 2. The Morgan fingerprint density at radius 2 is 1.28 bits per heavy atom. The first-order valence-electron chi connectivity index (χ1n) is 19.5. The molecule has 0 aliphatic heterocycles. The smallest absolute Gasteiger partial charge is 0.265 e. The molecule has 53 heavy (non-hydrogen) atoms. The van der Waals surface area contributed by atoms with E-state index in [1.807, 2.05) is 0 Å². The average molecular weight is 725 g/mol. The van der Waals surface area contributed by atoms with Crippen LogP contribution in [0.2, 0.25) is 0 Å². The van der Waals surface area contributed by atoms with Crippen molar-refractivity contribution < 1.29 is 28.9 Å². The van der Waals surface area contributed by atoms with Crippen LogP contribution in [0, 0.1) is 0 Å². The van der Waals surface area contributed by atoms with Gasteiger partial charge in [0.15, 0.2) is 11.9 Å². The monoisotopic (exact) mass is 724 g/mol. The lowest BCUT2D eigenvalue weighted by Gasteiger charge is -2.23. The maximum absolute atomic E-state index is 14.3. The summed E-state index contributed by atoms with van der Waals surface area (Å²) in [5, 5.41) is 18.6. The van der Waals surface area contributed by atoms with Gasteiger partial charge in [-0.1, -0.05) is 117 Å². The SMILES string of the molecule is CCCCCCCCCCCCC(Oc1cc(C(C)C)cc2cc(C(C)C)ccc12)C(=O)Nc1cc(O)c(NC(C)=O)cc1Oc1ccc(OC)cc1. The third kappa shape index (κ3) is 12.4. The summed E-state index contributed by atoms with van der Waals surface area (Å²) in [5.74, 6) is 1.80. The molecule has 0 aliphatic rings. The number of nitrogens with one attached hydrogen (secondary N) is 2. The largest absolute Gasteiger partial charge is 0.506 e. The number of benzene rings is 4. The lowest BCUT2D eigenvalue weighted by atomic mass is 9.94. The van der Waals surface area contributed by atoms with Crippen molar-refractivity contribution in [2.45, 2.75) is 130 Å². The Balaban J connectivity index is 1.62. The standard InChI is InChI=1S/C45H60N2O6/c1-8-9-10-11-12-13-14-15-16-17-18-42(53-43-27-34(31(4)5)26-35-25-33(30(2)3)19-24-38(35)43)45(50)47-40-28-41(49)39(46-32(6)48)29-44(40)52-37-22-20-36(51-7)21-23-37/h19-31,42,49H,8-18H2,1-7H3,(H,46,48)(H,47,50). The van der Waals surface area contributed by atoms with Gasteiger partial charge in [-0.05, 0) is 71.5 Å². The van der Waals surface area contributed by atoms with E-state index in [1.54, 1.807) is 31.4 Å². The predicted octanol–water partition coefficient (Wildman–Crippen LogP) is 12.2. The molecule has 0 heterocycles. The summed E-state index contributed by atoms with van der Waals surface area (Å²) in [6.45, 7) is 12.3. The molecule has 4 aromatic rings. The molecule has 0 aromatic heterocycles. The summed E-state index contributed by atoms with van der Waals surface area (Å²) < 4.78 is 18.2. The van der Waals surface area contributed by atoms with Gasteiger partial charge >= 0.3 is 0 Å². The zero-order valence-electron chi connectivity index (χ0n) is 32.8. The van der Waals surface area contributed by atoms with Crippen LogP contribution in [0.1, 0.15) is 135 Å². The van der Waals surface area contributed by atoms with E-state index in [0.717, 1.165) is 35.6 Å². The number of hydrogen-bond donors (Lipinski definition) is 3. The number of aromatic hydroxyl groups is 1. The fraction of sp³-hybridized carbons (Fsp3) is 0.467. The Bertz CT molecular complexity index is 1780. The fourth-order valence-corrected chi connectivity index (χ4v) is 6.40. The van der Waals surface area contributed by atoms with Crippen LogP contribution in [-0.4, -0.2) is 30.1 Å². The van der Waals surface area contributed by atoms with Crippen molar-refractivity contribution >= 4 is 34.0 Å². The zero-order chi connectivity index (χ0) is 38.3. The molecule has 3 N–H and O–H groups in total. The minimum atomic E-state index is -0.814. The van der Waals surface area contributed by atoms with Crippen molar-refractivity contribution in [1.29, 1.82) is 0 Å². The molecule has 2 amide bonds. The molecule has 0 spiro atoms. The molecular formula is C45H60N2O6. The highest BCUT2D eigenvalue weighted by Gasteiger charge is 2.25. The molecule has 286 valence electrons. The highest BCUT2D eigenvalue weighted by atomic mass is 16.5. The number of ether oxygens (including phenoxy) is 3. The Hall–Kier alpha value is -4.72. The summed E-state index contributed by atoms with van der Waals surface area (Å²) in [6.07, 6.45) is 11.6. The van der Waals surface area contributed by atoms with E-state index >= 15 is 0 Å². The van der Waals surface area contributed by atoms with Crippen molar-refractivity contribution in [3.63, 3.8) is 0 Å². The fourth-order valence-electron chi connectivity index (χ4n) is 6.40. The minimum Gasteiger partial charge on any atom is -0.506 e. The summed E-state index contributed by atoms with van der Waals surface area (Å²) in [5.41, 5.74) is 2.79. The van der Waals surface area contributed by atoms with E-state index in [9.17, 15) is 14.7 Å². The van der Waals surface area contributed by atoms with Crippen molar-refractivity contribution in [3.05, 3.63) is 77.9 Å². The molecule has 8 heteroatoms. The first-order valence-corrected chi connectivity index (χ1v) is 19.5. The zero-order valence-corrected chi connectivity index (χ0v) is 32.8. The van der Waals surface area contributed by atoms with Crippen LogP contribution in [0.5, 0.6) is 28.7 Å². The third-order valence-electron chi connectivity index (χ3n) is 9.63. The van der Waals surface area contributed by atoms with Crippen LogP contribution in [0.3, 0.4) is 0 Å². The topological polar surface area (TPSA) is 106 Å². The lowest BCUT2D eigenvalue weighted by Crippen LogP contribution is -2.33. The third-order valence-corrected chi connectivity index (χ3v) is 9.63. The number of hydrogen-bond acceptors (Lipinski definition) is 6. The van der Waals surface area contributed by atoms with Gasteiger partial charge in [0.05, 0.1) is 18.5 Å². The first kappa shape index (κ1) is 41.0. The Morgan fingerprint density at radius 1 is 0.679 bits per heavy atom. The van der Waals surface area contributed by atoms with Crippen molar-refractivity contribution in [2.75, 3.05) is 17.7 Å². The number of carbonyl (C=O) groups excluding carboxylic acids is 2. The number of methoxy groups -OCH3 is 1. The van der Waals surface area contributed by atoms with Crippen LogP contribution in [-0.2, 0) is 9.59 Å². The van der Waals surface area contributed by atoms with Crippen LogP contribution >= 0.6 is 0 Å². The Kier molecular flexibility index (Phi) is 15.9. The molecule has 1 unspecified atom stereocenters. The van der Waals surface area contributed by atoms with Gasteiger partial charge in [-0.25, -0.2) is 0 Å². The summed E-state index contributed by atoms with van der Waals surface area (Å²) in [7, 11) is 1.59. The van der Waals surface area contributed by atoms with E-state index in [4.69, 9.17) is 14.2 Å². The van der Waals surface area contributed by atoms with Crippen LogP contribution in [0.15, 0.2) is 66.7 Å². The Morgan fingerprint density at radius 3 is 1.89 bits per heavy atom. The van der Waals surface area contributed by atoms with Gasteiger partial charge in [-0.15, -0.1) is 0 Å². The summed E-state index contributed by atoms with van der Waals surface area (Å²) in [4.78, 5) is 26.2. The van der Waals surface area contributed by atoms with E-state index in [2.05, 4.69) is 75.6 Å². The summed E-state index contributed by atoms with van der Waals surface area (Å²) >= 11 is 0. The number of anilines is 2. The number of unbranched alkanes of at least 4 members (excludes halogenated alkanes) is 9. The molecular weight excluding hydrogens is 665 g/mol. The number of phenolic OH excluding ortho intramolecular Hbond substituents is 1. The van der Waals surface area contributed by atoms with Gasteiger partial charge in [0, 0.05) is 24.4 Å². The second-order valence-electron chi connectivity index (χ2n) is 14.7. The van der Waals surface area contributed by atoms with Crippen molar-refractivity contribution in [2.24, 2.45) is 0 Å². The first-order chi connectivity index (χ1) is 25.5. The van der Waals surface area contributed by atoms with Crippen LogP contribution in [0.4, 0.5) is 11.4 Å². The highest BCUT2D eigenvalue weighted by molar-refractivity contribution is 5.98. The predicted molar refractivity (Wildman–Crippen MR) is 217 cm³/mol. The molecule has 0 aliphatic carbocycles. The number of rotatable bonds is 21. The molecule has 0 radical (unpaired) electrons. The number of fused-ring (bicyclic) bond motifs is 1. The Labute approximate surface area is 316 Å². The second kappa shape index (κ2) is 20.5. The molecule has 0 saturated carbocycles. The van der Waals surface area contributed by atoms with Crippen LogP contribution in [0.25, 0.3) is 10.8 Å². The highest BCUT2D eigenvalue weighted by Crippen LogP contribution is 2.39. The normalized spacial score (nSPS) is 11.9. The lowest BCUT2D eigenvalue weighted by molar-refractivity contribution is -0.123. The second-order valence-corrected chi connectivity index (χ2v) is 14.7. The van der Waals surface area contributed by atoms with Gasteiger partial charge in [-0.3, -0.25) is 9.59 Å². The summed E-state index contributed by atoms with van der Waals surface area (Å²) in [6, 6.07) is 20.6. The van der Waals surface area contributed by atoms with Crippen molar-refractivity contribution in [1.82, 2.24) is 0 Å². The van der Waals surface area contributed by atoms with E-state index < -0.39 is 6.10 Å². The molecule has 8 nitrogen and oxygen atoms in total. The molecule has 4 rings (SSSR count). The quantitative estimate of drug-likeness (QED) is 0.0583. The van der Waals surface area contributed by atoms with Crippen LogP contribution < -0.4 is 24.8 Å². The maximum atomic E-state index is 14.3. The van der Waals surface area contributed by atoms with Gasteiger partial charge in [0.2, 0.25) is 5.91 Å². The molecule has 0 bridgehead atoms. The maximum Gasteiger partial charge on any atom is 0.265 e. The molecule has 4 aromatic carbocycles. The average Bonchev–Trinajstić information content (AvgIpc) is 3.13. The number of phenols is 1. The van der Waals surface area contributed by atoms with Gasteiger partial charge in [0.25, 0.3) is 5.91 Å². The van der Waals surface area contributed by atoms with Gasteiger partial charge in [-0.2, -0.15) is 0 Å². The minimum absolute atomic E-state index is 0.162. The van der Waals surface area contributed by atoms with Crippen molar-refractivity contribution in [3.8, 4) is 28.7 Å². The van der Waals surface area contributed by atoms with Gasteiger partial charge in [0.1, 0.15) is 23.0 Å². The van der Waals surface area contributed by atoms with E-state index in [-0.39, 0.29) is 40.6 Å². The van der Waals surface area contributed by atoms with Gasteiger partial charge < -0.3 is 30.0 Å².